The summed E-state index contributed by atoms with van der Waals surface area (Å²) >= 11 is 0. The van der Waals surface area contributed by atoms with Crippen LogP contribution in [0, 0.1) is 5.92 Å². The molecule has 1 saturated carbocycles. The summed E-state index contributed by atoms with van der Waals surface area (Å²) in [6, 6.07) is 0. The largest absolute Gasteiger partial charge is 0.299 e. The topological polar surface area (TPSA) is 48.3 Å². The number of rotatable bonds is 3. The van der Waals surface area contributed by atoms with E-state index in [4.69, 9.17) is 10.2 Å². The van der Waals surface area contributed by atoms with Crippen LogP contribution in [0.5, 0.6) is 0 Å². The molecule has 0 aromatic rings. The van der Waals surface area contributed by atoms with Crippen molar-refractivity contribution in [3.05, 3.63) is 0 Å². The summed E-state index contributed by atoms with van der Waals surface area (Å²) in [5.41, 5.74) is 2.11. The number of carbonyl (C=O) groups excluding carboxylic acids is 1. The van der Waals surface area contributed by atoms with E-state index in [9.17, 15) is 4.79 Å². The minimum absolute atomic E-state index is 0.174. The minimum atomic E-state index is -0.174. The average Bonchev–Trinajstić information content (AvgIpc) is 2.56. The van der Waals surface area contributed by atoms with Crippen LogP contribution in [0.3, 0.4) is 0 Å². The number of hydrogen-bond donors (Lipinski definition) is 0. The summed E-state index contributed by atoms with van der Waals surface area (Å²) < 4.78 is 0. The highest BCUT2D eigenvalue weighted by Gasteiger charge is 2.32. The van der Waals surface area contributed by atoms with Crippen molar-refractivity contribution in [3.63, 3.8) is 0 Å². The van der Waals surface area contributed by atoms with Gasteiger partial charge in [-0.2, -0.15) is 10.2 Å². The number of piperidine rings is 2. The van der Waals surface area contributed by atoms with Crippen LogP contribution in [0.1, 0.15) is 64.7 Å². The lowest BCUT2D eigenvalue weighted by Gasteiger charge is -2.31. The SMILES string of the molecule is CC(=O)C1C(=NN2CCCCC2)CCCC1=NN1CCCCC1. The molecule has 5 nitrogen and oxygen atoms in total. The van der Waals surface area contributed by atoms with Crippen LogP contribution in [0.4, 0.5) is 0 Å². The Bertz CT molecular complexity index is 437. The molecular formula is C18H30N4O. The fraction of sp³-hybridized carbons (Fsp3) is 0.833. The summed E-state index contributed by atoms with van der Waals surface area (Å²) in [6.07, 6.45) is 10.4. The molecule has 3 aliphatic rings. The van der Waals surface area contributed by atoms with Gasteiger partial charge in [0.15, 0.2) is 0 Å². The van der Waals surface area contributed by atoms with Gasteiger partial charge in [0.25, 0.3) is 0 Å². The monoisotopic (exact) mass is 318 g/mol. The van der Waals surface area contributed by atoms with Crippen LogP contribution in [0.15, 0.2) is 10.2 Å². The van der Waals surface area contributed by atoms with Gasteiger partial charge in [-0.25, -0.2) is 0 Å². The Labute approximate surface area is 139 Å². The number of Topliss-reactive ketones (excluding diaryl/α,β-unsaturated/α-hetero) is 1. The average molecular weight is 318 g/mol. The molecule has 0 radical (unpaired) electrons. The van der Waals surface area contributed by atoms with Gasteiger partial charge in [-0.15, -0.1) is 0 Å². The highest BCUT2D eigenvalue weighted by molar-refractivity contribution is 6.23. The van der Waals surface area contributed by atoms with E-state index in [1.807, 2.05) is 0 Å². The van der Waals surface area contributed by atoms with Crippen molar-refractivity contribution in [1.82, 2.24) is 10.0 Å². The smallest absolute Gasteiger partial charge is 0.144 e. The Balaban J connectivity index is 1.77. The van der Waals surface area contributed by atoms with Gasteiger partial charge in [0.05, 0.1) is 17.3 Å². The van der Waals surface area contributed by atoms with E-state index in [2.05, 4.69) is 10.0 Å². The zero-order valence-electron chi connectivity index (χ0n) is 14.5. The molecule has 5 heteroatoms. The first-order valence-electron chi connectivity index (χ1n) is 9.39. The second-order valence-corrected chi connectivity index (χ2v) is 7.11. The molecule has 2 heterocycles. The summed E-state index contributed by atoms with van der Waals surface area (Å²) in [5.74, 6) is 0.0313. The lowest BCUT2D eigenvalue weighted by atomic mass is 9.83. The third kappa shape index (κ3) is 4.33. The molecule has 0 spiro atoms. The van der Waals surface area contributed by atoms with Crippen LogP contribution in [-0.4, -0.2) is 53.4 Å². The minimum Gasteiger partial charge on any atom is -0.299 e. The second-order valence-electron chi connectivity index (χ2n) is 7.11. The van der Waals surface area contributed by atoms with Gasteiger partial charge < -0.3 is 0 Å². The number of nitrogens with zero attached hydrogens (tertiary/aromatic N) is 4. The van der Waals surface area contributed by atoms with E-state index in [0.29, 0.717) is 0 Å². The molecule has 23 heavy (non-hydrogen) atoms. The fourth-order valence-electron chi connectivity index (χ4n) is 3.93. The number of carbonyl (C=O) groups is 1. The molecule has 2 saturated heterocycles. The first-order valence-corrected chi connectivity index (χ1v) is 9.39. The van der Waals surface area contributed by atoms with E-state index in [-0.39, 0.29) is 11.7 Å². The van der Waals surface area contributed by atoms with Gasteiger partial charge in [-0.05, 0) is 64.7 Å². The van der Waals surface area contributed by atoms with Crippen molar-refractivity contribution >= 4 is 17.2 Å². The van der Waals surface area contributed by atoms with Crippen molar-refractivity contribution in [1.29, 1.82) is 0 Å². The molecule has 2 aliphatic heterocycles. The van der Waals surface area contributed by atoms with Gasteiger partial charge >= 0.3 is 0 Å². The van der Waals surface area contributed by atoms with E-state index < -0.39 is 0 Å². The Morgan fingerprint density at radius 2 is 1.22 bits per heavy atom. The van der Waals surface area contributed by atoms with Gasteiger partial charge in [0, 0.05) is 26.2 Å². The molecule has 0 bridgehead atoms. The fourth-order valence-corrected chi connectivity index (χ4v) is 3.93. The summed E-state index contributed by atoms with van der Waals surface area (Å²) in [5, 5.41) is 14.1. The maximum absolute atomic E-state index is 12.3. The standard InChI is InChI=1S/C18H30N4O/c1-15(23)18-16(19-21-11-4-2-5-12-21)9-8-10-17(18)20-22-13-6-3-7-14-22/h18H,2-14H2,1H3. The highest BCUT2D eigenvalue weighted by atomic mass is 16.1. The normalized spacial score (nSPS) is 30.0. The van der Waals surface area contributed by atoms with Gasteiger partial charge in [-0.1, -0.05) is 0 Å². The molecule has 3 fully saturated rings. The lowest BCUT2D eigenvalue weighted by Crippen LogP contribution is -2.39. The van der Waals surface area contributed by atoms with Crippen LogP contribution in [0.25, 0.3) is 0 Å². The Hall–Kier alpha value is -1.39. The number of hydrazone groups is 2. The van der Waals surface area contributed by atoms with Crippen molar-refractivity contribution in [2.45, 2.75) is 64.7 Å². The molecule has 0 aromatic heterocycles. The third-order valence-corrected chi connectivity index (χ3v) is 5.14. The van der Waals surface area contributed by atoms with Crippen molar-refractivity contribution in [2.24, 2.45) is 16.1 Å². The molecule has 0 unspecified atom stereocenters. The van der Waals surface area contributed by atoms with Crippen molar-refractivity contribution in [3.8, 4) is 0 Å². The summed E-state index contributed by atoms with van der Waals surface area (Å²) in [4.78, 5) is 12.3. The van der Waals surface area contributed by atoms with E-state index in [1.165, 1.54) is 38.5 Å². The molecule has 0 atom stereocenters. The number of hydrogen-bond acceptors (Lipinski definition) is 5. The maximum atomic E-state index is 12.3. The zero-order chi connectivity index (χ0) is 16.1. The Kier molecular flexibility index (Phi) is 5.68. The zero-order valence-corrected chi connectivity index (χ0v) is 14.5. The third-order valence-electron chi connectivity index (χ3n) is 5.14. The molecule has 0 amide bonds. The second kappa shape index (κ2) is 7.93. The van der Waals surface area contributed by atoms with Crippen LogP contribution < -0.4 is 0 Å². The number of ketones is 1. The molecule has 3 rings (SSSR count). The summed E-state index contributed by atoms with van der Waals surface area (Å²) in [7, 11) is 0. The Morgan fingerprint density at radius 1 is 0.783 bits per heavy atom. The van der Waals surface area contributed by atoms with E-state index >= 15 is 0 Å². The van der Waals surface area contributed by atoms with Gasteiger partial charge in [-0.3, -0.25) is 14.8 Å². The molecule has 1 aliphatic carbocycles. The molecule has 0 aromatic carbocycles. The van der Waals surface area contributed by atoms with E-state index in [0.717, 1.165) is 56.9 Å². The lowest BCUT2D eigenvalue weighted by molar-refractivity contribution is -0.117. The molecule has 128 valence electrons. The predicted molar refractivity (Wildman–Crippen MR) is 93.7 cm³/mol. The van der Waals surface area contributed by atoms with E-state index in [1.54, 1.807) is 6.92 Å². The summed E-state index contributed by atoms with van der Waals surface area (Å²) in [6.45, 7) is 5.84. The first kappa shape index (κ1) is 16.5. The van der Waals surface area contributed by atoms with Gasteiger partial charge in [0.1, 0.15) is 5.78 Å². The molecular weight excluding hydrogens is 288 g/mol. The quantitative estimate of drug-likeness (QED) is 0.803. The van der Waals surface area contributed by atoms with Crippen LogP contribution >= 0.6 is 0 Å². The van der Waals surface area contributed by atoms with Gasteiger partial charge in [0.2, 0.25) is 0 Å². The molecule has 0 N–H and O–H groups in total. The Morgan fingerprint density at radius 3 is 1.61 bits per heavy atom. The predicted octanol–water partition coefficient (Wildman–Crippen LogP) is 3.06. The van der Waals surface area contributed by atoms with Crippen LogP contribution in [0.2, 0.25) is 0 Å². The van der Waals surface area contributed by atoms with Crippen LogP contribution in [-0.2, 0) is 4.79 Å². The highest BCUT2D eigenvalue weighted by Crippen LogP contribution is 2.24. The van der Waals surface area contributed by atoms with Crippen molar-refractivity contribution < 1.29 is 4.79 Å². The first-order chi connectivity index (χ1) is 11.2. The maximum Gasteiger partial charge on any atom is 0.144 e. The van der Waals surface area contributed by atoms with Crippen molar-refractivity contribution in [2.75, 3.05) is 26.2 Å².